The Hall–Kier alpha value is -1.30. The average Bonchev–Trinajstić information content (AvgIpc) is 2.88. The summed E-state index contributed by atoms with van der Waals surface area (Å²) in [5.41, 5.74) is -0.213. The molecular weight excluding hydrogens is 255 g/mol. The second-order valence-corrected chi connectivity index (χ2v) is 4.74. The zero-order chi connectivity index (χ0) is 13.9. The molecule has 0 spiro atoms. The van der Waals surface area contributed by atoms with Crippen molar-refractivity contribution in [3.05, 3.63) is 24.0 Å². The monoisotopic (exact) mass is 273 g/mol. The molecule has 1 unspecified atom stereocenters. The summed E-state index contributed by atoms with van der Waals surface area (Å²) in [4.78, 5) is 5.47. The van der Waals surface area contributed by atoms with Gasteiger partial charge in [-0.15, -0.1) is 0 Å². The number of anilines is 1. The van der Waals surface area contributed by atoms with Crippen molar-refractivity contribution in [3.8, 4) is 0 Å². The Bertz CT molecular complexity index is 414. The van der Waals surface area contributed by atoms with Crippen LogP contribution in [0, 0.1) is 0 Å². The Balaban J connectivity index is 2.25. The van der Waals surface area contributed by atoms with Gasteiger partial charge in [0.2, 0.25) is 0 Å². The van der Waals surface area contributed by atoms with Crippen molar-refractivity contribution in [3.63, 3.8) is 0 Å². The molecule has 1 fully saturated rings. The first kappa shape index (κ1) is 14.1. The quantitative estimate of drug-likeness (QED) is 0.914. The number of hydrogen-bond donors (Lipinski definition) is 1. The summed E-state index contributed by atoms with van der Waals surface area (Å²) in [6.45, 7) is 4.53. The van der Waals surface area contributed by atoms with Crippen LogP contribution in [-0.4, -0.2) is 30.7 Å². The fourth-order valence-electron chi connectivity index (χ4n) is 2.42. The van der Waals surface area contributed by atoms with Crippen LogP contribution in [0.2, 0.25) is 0 Å². The number of nitrogens with zero attached hydrogens (tertiary/aromatic N) is 2. The predicted octanol–water partition coefficient (Wildman–Crippen LogP) is 2.68. The number of rotatable bonds is 4. The third-order valence-corrected chi connectivity index (χ3v) is 3.31. The van der Waals surface area contributed by atoms with Crippen LogP contribution in [0.3, 0.4) is 0 Å². The van der Waals surface area contributed by atoms with Gasteiger partial charge in [-0.1, -0.05) is 6.92 Å². The molecule has 0 bridgehead atoms. The van der Waals surface area contributed by atoms with E-state index in [2.05, 4.69) is 15.2 Å². The van der Waals surface area contributed by atoms with Gasteiger partial charge in [0, 0.05) is 31.0 Å². The Labute approximate surface area is 110 Å². The van der Waals surface area contributed by atoms with Crippen LogP contribution in [0.15, 0.2) is 18.3 Å². The standard InChI is InChI=1S/C13H18F3N3/c1-2-7-19(11-3-5-17-9-11)10-4-6-18-12(8-10)13(14,15)16/h4,6,8,11,17H,2-3,5,7,9H2,1H3. The molecule has 3 nitrogen and oxygen atoms in total. The smallest absolute Gasteiger partial charge is 0.367 e. The lowest BCUT2D eigenvalue weighted by Crippen LogP contribution is -2.37. The SMILES string of the molecule is CCCN(c1ccnc(C(F)(F)F)c1)C1CCNC1. The van der Waals surface area contributed by atoms with Gasteiger partial charge in [0.15, 0.2) is 0 Å². The normalized spacial score (nSPS) is 19.7. The lowest BCUT2D eigenvalue weighted by atomic mass is 10.1. The second-order valence-electron chi connectivity index (χ2n) is 4.74. The van der Waals surface area contributed by atoms with Gasteiger partial charge in [0.05, 0.1) is 0 Å². The second kappa shape index (κ2) is 5.77. The highest BCUT2D eigenvalue weighted by Gasteiger charge is 2.33. The minimum absolute atomic E-state index is 0.267. The highest BCUT2D eigenvalue weighted by Crippen LogP contribution is 2.30. The Morgan fingerprint density at radius 2 is 2.26 bits per heavy atom. The molecule has 19 heavy (non-hydrogen) atoms. The number of hydrogen-bond acceptors (Lipinski definition) is 3. The maximum atomic E-state index is 12.7. The molecule has 1 aliphatic heterocycles. The first-order valence-corrected chi connectivity index (χ1v) is 6.53. The van der Waals surface area contributed by atoms with Crippen molar-refractivity contribution in [1.82, 2.24) is 10.3 Å². The molecular formula is C13H18F3N3. The molecule has 0 aliphatic carbocycles. The van der Waals surface area contributed by atoms with Crippen LogP contribution in [0.25, 0.3) is 0 Å². The summed E-state index contributed by atoms with van der Waals surface area (Å²) in [6.07, 6.45) is -1.28. The highest BCUT2D eigenvalue weighted by molar-refractivity contribution is 5.48. The molecule has 106 valence electrons. The molecule has 0 saturated carbocycles. The minimum Gasteiger partial charge on any atom is -0.367 e. The summed E-state index contributed by atoms with van der Waals surface area (Å²) in [5, 5.41) is 3.25. The molecule has 1 aliphatic rings. The zero-order valence-corrected chi connectivity index (χ0v) is 10.9. The topological polar surface area (TPSA) is 28.2 Å². The van der Waals surface area contributed by atoms with Crippen molar-refractivity contribution >= 4 is 5.69 Å². The third kappa shape index (κ3) is 3.37. The Morgan fingerprint density at radius 1 is 1.47 bits per heavy atom. The van der Waals surface area contributed by atoms with Gasteiger partial charge in [-0.05, 0) is 31.5 Å². The van der Waals surface area contributed by atoms with E-state index in [0.29, 0.717) is 5.69 Å². The largest absolute Gasteiger partial charge is 0.433 e. The van der Waals surface area contributed by atoms with Gasteiger partial charge in [0.1, 0.15) is 5.69 Å². The molecule has 0 aromatic carbocycles. The van der Waals surface area contributed by atoms with Crippen molar-refractivity contribution in [1.29, 1.82) is 0 Å². The van der Waals surface area contributed by atoms with E-state index in [1.54, 1.807) is 6.07 Å². The van der Waals surface area contributed by atoms with Gasteiger partial charge in [-0.25, -0.2) is 0 Å². The summed E-state index contributed by atoms with van der Waals surface area (Å²) in [6, 6.07) is 3.07. The fraction of sp³-hybridized carbons (Fsp3) is 0.615. The van der Waals surface area contributed by atoms with E-state index >= 15 is 0 Å². The molecule has 1 N–H and O–H groups in total. The van der Waals surface area contributed by atoms with E-state index in [0.717, 1.165) is 38.5 Å². The van der Waals surface area contributed by atoms with Crippen molar-refractivity contribution < 1.29 is 13.2 Å². The lowest BCUT2D eigenvalue weighted by Gasteiger charge is -2.30. The third-order valence-electron chi connectivity index (χ3n) is 3.31. The number of halogens is 3. The van der Waals surface area contributed by atoms with Crippen LogP contribution >= 0.6 is 0 Å². The number of pyridine rings is 1. The number of nitrogens with one attached hydrogen (secondary N) is 1. The van der Waals surface area contributed by atoms with E-state index in [-0.39, 0.29) is 6.04 Å². The molecule has 0 amide bonds. The van der Waals surface area contributed by atoms with E-state index < -0.39 is 11.9 Å². The summed E-state index contributed by atoms with van der Waals surface area (Å²) in [7, 11) is 0. The number of alkyl halides is 3. The maximum absolute atomic E-state index is 12.7. The molecule has 1 aromatic heterocycles. The van der Waals surface area contributed by atoms with Gasteiger partial charge in [-0.3, -0.25) is 4.98 Å². The van der Waals surface area contributed by atoms with Crippen LogP contribution in [-0.2, 0) is 6.18 Å². The van der Waals surface area contributed by atoms with E-state index in [4.69, 9.17) is 0 Å². The molecule has 6 heteroatoms. The fourth-order valence-corrected chi connectivity index (χ4v) is 2.42. The molecule has 1 aromatic rings. The Kier molecular flexibility index (Phi) is 4.29. The van der Waals surface area contributed by atoms with Gasteiger partial charge in [0.25, 0.3) is 0 Å². The van der Waals surface area contributed by atoms with Gasteiger partial charge in [-0.2, -0.15) is 13.2 Å². The lowest BCUT2D eigenvalue weighted by molar-refractivity contribution is -0.141. The van der Waals surface area contributed by atoms with Crippen molar-refractivity contribution in [2.75, 3.05) is 24.5 Å². The molecule has 2 rings (SSSR count). The average molecular weight is 273 g/mol. The van der Waals surface area contributed by atoms with E-state index in [1.165, 1.54) is 6.20 Å². The first-order chi connectivity index (χ1) is 9.02. The molecule has 0 radical (unpaired) electrons. The van der Waals surface area contributed by atoms with Gasteiger partial charge < -0.3 is 10.2 Å². The van der Waals surface area contributed by atoms with Crippen LogP contribution in [0.1, 0.15) is 25.5 Å². The van der Waals surface area contributed by atoms with Gasteiger partial charge >= 0.3 is 6.18 Å². The summed E-state index contributed by atoms with van der Waals surface area (Å²) >= 11 is 0. The minimum atomic E-state index is -4.39. The maximum Gasteiger partial charge on any atom is 0.433 e. The first-order valence-electron chi connectivity index (χ1n) is 6.53. The van der Waals surface area contributed by atoms with E-state index in [1.807, 2.05) is 6.92 Å². The van der Waals surface area contributed by atoms with Crippen LogP contribution in [0.5, 0.6) is 0 Å². The van der Waals surface area contributed by atoms with Crippen molar-refractivity contribution in [2.45, 2.75) is 32.0 Å². The van der Waals surface area contributed by atoms with Crippen molar-refractivity contribution in [2.24, 2.45) is 0 Å². The zero-order valence-electron chi connectivity index (χ0n) is 10.9. The predicted molar refractivity (Wildman–Crippen MR) is 68.2 cm³/mol. The highest BCUT2D eigenvalue weighted by atomic mass is 19.4. The van der Waals surface area contributed by atoms with Crippen LogP contribution < -0.4 is 10.2 Å². The Morgan fingerprint density at radius 3 is 2.84 bits per heavy atom. The van der Waals surface area contributed by atoms with E-state index in [9.17, 15) is 13.2 Å². The summed E-state index contributed by atoms with van der Waals surface area (Å²) < 4.78 is 38.1. The molecule has 2 heterocycles. The summed E-state index contributed by atoms with van der Waals surface area (Å²) in [5.74, 6) is 0. The molecule has 1 atom stereocenters. The molecule has 1 saturated heterocycles. The van der Waals surface area contributed by atoms with Crippen LogP contribution in [0.4, 0.5) is 18.9 Å². The number of aromatic nitrogens is 1.